The van der Waals surface area contributed by atoms with Crippen LogP contribution in [0, 0.1) is 13.8 Å². The molecule has 1 heterocycles. The quantitative estimate of drug-likeness (QED) is 0.602. The SMILES string of the molecule is CN=C(NCCc1cccc(C(=O)N(C)C)c1)NCc1sc(C)nc1C. The number of thiazole rings is 1. The second-order valence-corrected chi connectivity index (χ2v) is 7.53. The van der Waals surface area contributed by atoms with E-state index in [0.717, 1.165) is 35.2 Å². The van der Waals surface area contributed by atoms with Crippen LogP contribution in [0.25, 0.3) is 0 Å². The second-order valence-electron chi connectivity index (χ2n) is 6.24. The summed E-state index contributed by atoms with van der Waals surface area (Å²) >= 11 is 1.70. The maximum atomic E-state index is 12.1. The van der Waals surface area contributed by atoms with Gasteiger partial charge in [-0.3, -0.25) is 9.79 Å². The molecule has 6 nitrogen and oxygen atoms in total. The Balaban J connectivity index is 1.85. The number of carbonyl (C=O) groups excluding carboxylic acids is 1. The molecule has 0 aliphatic carbocycles. The Morgan fingerprint density at radius 1 is 1.27 bits per heavy atom. The smallest absolute Gasteiger partial charge is 0.253 e. The van der Waals surface area contributed by atoms with Gasteiger partial charge in [0.25, 0.3) is 5.91 Å². The van der Waals surface area contributed by atoms with Crippen LogP contribution in [0.4, 0.5) is 0 Å². The number of carbonyl (C=O) groups is 1. The number of aromatic nitrogens is 1. The Kier molecular flexibility index (Phi) is 7.15. The predicted octanol–water partition coefficient (Wildman–Crippen LogP) is 2.37. The first-order chi connectivity index (χ1) is 12.4. The molecule has 0 aliphatic heterocycles. The zero-order valence-electron chi connectivity index (χ0n) is 16.1. The molecule has 1 aromatic heterocycles. The summed E-state index contributed by atoms with van der Waals surface area (Å²) < 4.78 is 0. The van der Waals surface area contributed by atoms with E-state index >= 15 is 0 Å². The van der Waals surface area contributed by atoms with E-state index in [0.29, 0.717) is 12.1 Å². The van der Waals surface area contributed by atoms with E-state index in [1.807, 2.05) is 38.1 Å². The van der Waals surface area contributed by atoms with Gasteiger partial charge in [-0.15, -0.1) is 11.3 Å². The Labute approximate surface area is 159 Å². The van der Waals surface area contributed by atoms with Gasteiger partial charge in [0, 0.05) is 38.1 Å². The fourth-order valence-corrected chi connectivity index (χ4v) is 3.44. The lowest BCUT2D eigenvalue weighted by Crippen LogP contribution is -2.37. The van der Waals surface area contributed by atoms with Crippen LogP contribution < -0.4 is 10.6 Å². The molecule has 0 unspecified atom stereocenters. The van der Waals surface area contributed by atoms with E-state index in [4.69, 9.17) is 0 Å². The van der Waals surface area contributed by atoms with Crippen molar-refractivity contribution in [2.45, 2.75) is 26.8 Å². The van der Waals surface area contributed by atoms with Crippen LogP contribution in [0.1, 0.15) is 31.5 Å². The van der Waals surface area contributed by atoms with Gasteiger partial charge in [-0.25, -0.2) is 4.98 Å². The molecule has 1 amide bonds. The zero-order chi connectivity index (χ0) is 19.1. The van der Waals surface area contributed by atoms with Gasteiger partial charge in [0.1, 0.15) is 0 Å². The highest BCUT2D eigenvalue weighted by atomic mass is 32.1. The summed E-state index contributed by atoms with van der Waals surface area (Å²) in [5.74, 6) is 0.781. The molecule has 0 atom stereocenters. The summed E-state index contributed by atoms with van der Waals surface area (Å²) in [6.45, 7) is 5.49. The maximum Gasteiger partial charge on any atom is 0.253 e. The number of nitrogens with zero attached hydrogens (tertiary/aromatic N) is 3. The van der Waals surface area contributed by atoms with Crippen LogP contribution in [-0.4, -0.2) is 49.4 Å². The van der Waals surface area contributed by atoms with Crippen molar-refractivity contribution in [3.63, 3.8) is 0 Å². The number of nitrogens with one attached hydrogen (secondary N) is 2. The van der Waals surface area contributed by atoms with Gasteiger partial charge >= 0.3 is 0 Å². The van der Waals surface area contributed by atoms with Gasteiger partial charge in [-0.1, -0.05) is 12.1 Å². The first kappa shape index (κ1) is 19.9. The Hall–Kier alpha value is -2.41. The normalized spacial score (nSPS) is 11.3. The highest BCUT2D eigenvalue weighted by Crippen LogP contribution is 2.16. The van der Waals surface area contributed by atoms with E-state index in [1.165, 1.54) is 4.88 Å². The first-order valence-corrected chi connectivity index (χ1v) is 9.40. The number of benzene rings is 1. The maximum absolute atomic E-state index is 12.1. The van der Waals surface area contributed by atoms with Crippen molar-refractivity contribution >= 4 is 23.2 Å². The molecule has 0 radical (unpaired) electrons. The third-order valence-corrected chi connectivity index (χ3v) is 5.00. The van der Waals surface area contributed by atoms with Crippen molar-refractivity contribution in [1.29, 1.82) is 0 Å². The van der Waals surface area contributed by atoms with E-state index in [9.17, 15) is 4.79 Å². The molecule has 0 spiro atoms. The van der Waals surface area contributed by atoms with Crippen LogP contribution in [0.3, 0.4) is 0 Å². The van der Waals surface area contributed by atoms with Crippen LogP contribution in [0.15, 0.2) is 29.3 Å². The van der Waals surface area contributed by atoms with E-state index in [1.54, 1.807) is 37.4 Å². The fraction of sp³-hybridized carbons (Fsp3) is 0.421. The molecule has 2 aromatic rings. The van der Waals surface area contributed by atoms with Gasteiger partial charge in [0.05, 0.1) is 17.2 Å². The van der Waals surface area contributed by atoms with Gasteiger partial charge in [0.2, 0.25) is 0 Å². The molecule has 0 fully saturated rings. The predicted molar refractivity (Wildman–Crippen MR) is 108 cm³/mol. The molecule has 0 aliphatic rings. The highest BCUT2D eigenvalue weighted by molar-refractivity contribution is 7.11. The molecule has 0 bridgehead atoms. The molecule has 26 heavy (non-hydrogen) atoms. The summed E-state index contributed by atoms with van der Waals surface area (Å²) in [5, 5.41) is 7.71. The average Bonchev–Trinajstić information content (AvgIpc) is 2.94. The molecule has 140 valence electrons. The molecule has 0 saturated carbocycles. The largest absolute Gasteiger partial charge is 0.356 e. The minimum atomic E-state index is 0.0208. The summed E-state index contributed by atoms with van der Waals surface area (Å²) in [7, 11) is 5.29. The Bertz CT molecular complexity index is 782. The zero-order valence-corrected chi connectivity index (χ0v) is 16.9. The van der Waals surface area contributed by atoms with Crippen molar-refractivity contribution in [3.8, 4) is 0 Å². The average molecular weight is 374 g/mol. The van der Waals surface area contributed by atoms with Crippen molar-refractivity contribution in [2.75, 3.05) is 27.7 Å². The minimum absolute atomic E-state index is 0.0208. The standard InChI is InChI=1S/C19H27N5OS/c1-13-17(26-14(2)23-13)12-22-19(20-3)21-10-9-15-7-6-8-16(11-15)18(25)24(4)5/h6-8,11H,9-10,12H2,1-5H3,(H2,20,21,22). The Morgan fingerprint density at radius 3 is 2.65 bits per heavy atom. The van der Waals surface area contributed by atoms with Crippen LogP contribution >= 0.6 is 11.3 Å². The second kappa shape index (κ2) is 9.33. The number of aliphatic imine (C=N–C) groups is 1. The number of guanidine groups is 1. The number of hydrogen-bond donors (Lipinski definition) is 2. The third-order valence-electron chi connectivity index (χ3n) is 3.93. The number of rotatable bonds is 6. The summed E-state index contributed by atoms with van der Waals surface area (Å²) in [5.41, 5.74) is 2.90. The lowest BCUT2D eigenvalue weighted by Gasteiger charge is -2.13. The highest BCUT2D eigenvalue weighted by Gasteiger charge is 2.08. The fourth-order valence-electron chi connectivity index (χ4n) is 2.57. The summed E-state index contributed by atoms with van der Waals surface area (Å²) in [4.78, 5) is 23.6. The topological polar surface area (TPSA) is 69.6 Å². The number of aryl methyl sites for hydroxylation is 2. The van der Waals surface area contributed by atoms with Crippen LogP contribution in [-0.2, 0) is 13.0 Å². The van der Waals surface area contributed by atoms with Crippen molar-refractivity contribution in [2.24, 2.45) is 4.99 Å². The molecular formula is C19H27N5OS. The van der Waals surface area contributed by atoms with E-state index < -0.39 is 0 Å². The van der Waals surface area contributed by atoms with Crippen LogP contribution in [0.2, 0.25) is 0 Å². The van der Waals surface area contributed by atoms with E-state index in [-0.39, 0.29) is 5.91 Å². The first-order valence-electron chi connectivity index (χ1n) is 8.58. The van der Waals surface area contributed by atoms with Gasteiger partial charge in [-0.2, -0.15) is 0 Å². The molecular weight excluding hydrogens is 346 g/mol. The lowest BCUT2D eigenvalue weighted by molar-refractivity contribution is 0.0827. The number of amides is 1. The Morgan fingerprint density at radius 2 is 2.04 bits per heavy atom. The van der Waals surface area contributed by atoms with Crippen LogP contribution in [0.5, 0.6) is 0 Å². The molecule has 1 aromatic carbocycles. The monoisotopic (exact) mass is 373 g/mol. The lowest BCUT2D eigenvalue weighted by atomic mass is 10.1. The van der Waals surface area contributed by atoms with Crippen molar-refractivity contribution < 1.29 is 4.79 Å². The molecule has 2 N–H and O–H groups in total. The van der Waals surface area contributed by atoms with Gasteiger partial charge in [-0.05, 0) is 38.0 Å². The third kappa shape index (κ3) is 5.56. The number of hydrogen-bond acceptors (Lipinski definition) is 4. The van der Waals surface area contributed by atoms with E-state index in [2.05, 4.69) is 20.6 Å². The van der Waals surface area contributed by atoms with Gasteiger partial charge < -0.3 is 15.5 Å². The minimum Gasteiger partial charge on any atom is -0.356 e. The molecule has 7 heteroatoms. The molecule has 0 saturated heterocycles. The van der Waals surface area contributed by atoms with Crippen molar-refractivity contribution in [3.05, 3.63) is 51.0 Å². The summed E-state index contributed by atoms with van der Waals surface area (Å²) in [6, 6.07) is 7.75. The molecule has 2 rings (SSSR count). The van der Waals surface area contributed by atoms with Crippen molar-refractivity contribution in [1.82, 2.24) is 20.5 Å². The summed E-state index contributed by atoms with van der Waals surface area (Å²) in [6.07, 6.45) is 0.813. The van der Waals surface area contributed by atoms with Gasteiger partial charge in [0.15, 0.2) is 5.96 Å².